The van der Waals surface area contributed by atoms with Gasteiger partial charge in [-0.05, 0) is 126 Å². The maximum atomic E-state index is 6.84. The Morgan fingerprint density at radius 3 is 1.50 bits per heavy atom. The average Bonchev–Trinajstić information content (AvgIpc) is 3.89. The van der Waals surface area contributed by atoms with E-state index in [1.165, 1.54) is 76.4 Å². The molecule has 0 amide bonds. The predicted octanol–water partition coefficient (Wildman–Crippen LogP) is 16.8. The largest absolute Gasteiger partial charge is 0.455 e. The van der Waals surface area contributed by atoms with Crippen molar-refractivity contribution in [3.05, 3.63) is 224 Å². The van der Waals surface area contributed by atoms with Gasteiger partial charge in [-0.1, -0.05) is 170 Å². The first-order valence-corrected chi connectivity index (χ1v) is 21.3. The Morgan fingerprint density at radius 2 is 0.758 bits per heavy atom. The first-order chi connectivity index (χ1) is 30.7. The van der Waals surface area contributed by atoms with Crippen molar-refractivity contribution in [1.82, 2.24) is 4.57 Å². The molecule has 0 saturated carbocycles. The molecule has 0 aliphatic carbocycles. The van der Waals surface area contributed by atoms with E-state index in [0.717, 1.165) is 49.8 Å². The molecule has 11 aromatic carbocycles. The molecule has 62 heavy (non-hydrogen) atoms. The number of hydrogen-bond acceptors (Lipinski definition) is 1. The molecule has 13 rings (SSSR count). The molecule has 2 heteroatoms. The van der Waals surface area contributed by atoms with E-state index >= 15 is 0 Å². The van der Waals surface area contributed by atoms with Gasteiger partial charge in [0, 0.05) is 32.8 Å². The van der Waals surface area contributed by atoms with Gasteiger partial charge in [0.15, 0.2) is 0 Å². The molecule has 13 aromatic rings. The summed E-state index contributed by atoms with van der Waals surface area (Å²) < 4.78 is 9.28. The predicted molar refractivity (Wildman–Crippen MR) is 262 cm³/mol. The van der Waals surface area contributed by atoms with Crippen LogP contribution < -0.4 is 0 Å². The molecular weight excluding hydrogens is 751 g/mol. The zero-order valence-electron chi connectivity index (χ0n) is 33.7. The lowest BCUT2D eigenvalue weighted by Gasteiger charge is -2.14. The van der Waals surface area contributed by atoms with Crippen LogP contribution >= 0.6 is 0 Å². The second kappa shape index (κ2) is 13.7. The Labute approximate surface area is 358 Å². The number of nitrogens with zero attached hydrogens (tertiary/aromatic N) is 1. The van der Waals surface area contributed by atoms with E-state index in [1.54, 1.807) is 0 Å². The fourth-order valence-electron chi connectivity index (χ4n) is 10.0. The molecule has 2 nitrogen and oxygen atoms in total. The van der Waals surface area contributed by atoms with Crippen molar-refractivity contribution in [2.75, 3.05) is 0 Å². The number of aromatic nitrogens is 1. The van der Waals surface area contributed by atoms with Crippen molar-refractivity contribution in [2.45, 2.75) is 0 Å². The molecule has 0 bridgehead atoms. The maximum Gasteiger partial charge on any atom is 0.143 e. The lowest BCUT2D eigenvalue weighted by Crippen LogP contribution is -1.95. The summed E-state index contributed by atoms with van der Waals surface area (Å²) in [6.07, 6.45) is 0. The topological polar surface area (TPSA) is 18.1 Å². The van der Waals surface area contributed by atoms with Crippen LogP contribution in [0.4, 0.5) is 0 Å². The van der Waals surface area contributed by atoms with Crippen LogP contribution in [0.2, 0.25) is 0 Å². The summed E-state index contributed by atoms with van der Waals surface area (Å²) in [6.45, 7) is 0. The number of hydrogen-bond donors (Lipinski definition) is 0. The summed E-state index contributed by atoms with van der Waals surface area (Å²) in [5.41, 5.74) is 14.5. The highest BCUT2D eigenvalue weighted by Gasteiger charge is 2.19. The van der Waals surface area contributed by atoms with Crippen molar-refractivity contribution in [3.8, 4) is 50.2 Å². The van der Waals surface area contributed by atoms with Crippen LogP contribution in [0.5, 0.6) is 0 Å². The third-order valence-electron chi connectivity index (χ3n) is 13.0. The summed E-state index contributed by atoms with van der Waals surface area (Å²) in [5.74, 6) is 0. The van der Waals surface area contributed by atoms with E-state index in [9.17, 15) is 0 Å². The normalized spacial score (nSPS) is 11.9. The Kier molecular flexibility index (Phi) is 7.64. The lowest BCUT2D eigenvalue weighted by atomic mass is 9.92. The highest BCUT2D eigenvalue weighted by atomic mass is 16.3. The van der Waals surface area contributed by atoms with Crippen molar-refractivity contribution in [3.63, 3.8) is 0 Å². The summed E-state index contributed by atoms with van der Waals surface area (Å²) in [4.78, 5) is 0. The molecule has 0 unspecified atom stereocenters. The van der Waals surface area contributed by atoms with Crippen LogP contribution in [0.15, 0.2) is 229 Å². The van der Waals surface area contributed by atoms with Crippen LogP contribution in [-0.4, -0.2) is 4.57 Å². The Morgan fingerprint density at radius 1 is 0.258 bits per heavy atom. The molecule has 0 aliphatic heterocycles. The second-order valence-corrected chi connectivity index (χ2v) is 16.4. The van der Waals surface area contributed by atoms with E-state index in [-0.39, 0.29) is 0 Å². The number of fused-ring (bicyclic) bond motifs is 12. The minimum atomic E-state index is 0.882. The molecule has 2 heterocycles. The van der Waals surface area contributed by atoms with Crippen molar-refractivity contribution < 1.29 is 4.42 Å². The minimum Gasteiger partial charge on any atom is -0.455 e. The molecule has 0 radical (unpaired) electrons. The highest BCUT2D eigenvalue weighted by Crippen LogP contribution is 2.43. The van der Waals surface area contributed by atoms with E-state index in [0.29, 0.717) is 0 Å². The molecule has 0 aliphatic rings. The minimum absolute atomic E-state index is 0.882. The van der Waals surface area contributed by atoms with Gasteiger partial charge in [0.25, 0.3) is 0 Å². The first-order valence-electron chi connectivity index (χ1n) is 21.3. The van der Waals surface area contributed by atoms with Gasteiger partial charge in [0.1, 0.15) is 11.2 Å². The quantitative estimate of drug-likeness (QED) is 0.159. The maximum absolute atomic E-state index is 6.84. The van der Waals surface area contributed by atoms with Gasteiger partial charge >= 0.3 is 0 Å². The molecule has 0 N–H and O–H groups in total. The van der Waals surface area contributed by atoms with Gasteiger partial charge in [-0.15, -0.1) is 0 Å². The van der Waals surface area contributed by atoms with Gasteiger partial charge in [-0.25, -0.2) is 0 Å². The molecule has 2 aromatic heterocycles. The zero-order chi connectivity index (χ0) is 40.7. The number of furan rings is 1. The van der Waals surface area contributed by atoms with E-state index in [1.807, 2.05) is 0 Å². The standard InChI is InChI=1S/C60H37NO/c1-3-14-38(15-4-1)41-28-31-59-55(34-41)56-36-44(39-16-5-2-6-17-39)35-53(60(56)62-59)43-27-30-52-51-24-11-12-25-57(51)61(58(52)37-43)45-19-13-18-40(32-45)42-26-29-50-48-22-8-7-20-46(48)47-21-9-10-23-49(47)54(50)33-42/h1-37H. The number of rotatable bonds is 5. The fourth-order valence-corrected chi connectivity index (χ4v) is 10.0. The molecular formula is C60H37NO. The van der Waals surface area contributed by atoms with Crippen LogP contribution in [0.3, 0.4) is 0 Å². The SMILES string of the molecule is c1ccc(-c2ccc3oc4c(-c5ccc6c7ccccc7n(-c7cccc(-c8ccc9c%10ccccc%10c%10ccccc%10c9c8)c7)c6c5)cc(-c5ccccc5)cc4c3c2)cc1. The smallest absolute Gasteiger partial charge is 0.143 e. The third-order valence-corrected chi connectivity index (χ3v) is 13.0. The number of benzene rings is 11. The van der Waals surface area contributed by atoms with Gasteiger partial charge < -0.3 is 8.98 Å². The van der Waals surface area contributed by atoms with Crippen LogP contribution in [0.1, 0.15) is 0 Å². The fraction of sp³-hybridized carbons (Fsp3) is 0. The molecule has 0 atom stereocenters. The highest BCUT2D eigenvalue weighted by molar-refractivity contribution is 6.26. The monoisotopic (exact) mass is 787 g/mol. The summed E-state index contributed by atoms with van der Waals surface area (Å²) in [7, 11) is 0. The van der Waals surface area contributed by atoms with Gasteiger partial charge in [0.05, 0.1) is 11.0 Å². The van der Waals surface area contributed by atoms with Gasteiger partial charge in [-0.3, -0.25) is 0 Å². The van der Waals surface area contributed by atoms with Crippen molar-refractivity contribution >= 4 is 76.1 Å². The lowest BCUT2D eigenvalue weighted by molar-refractivity contribution is 0.670. The van der Waals surface area contributed by atoms with E-state index < -0.39 is 0 Å². The first kappa shape index (κ1) is 34.6. The second-order valence-electron chi connectivity index (χ2n) is 16.4. The summed E-state index contributed by atoms with van der Waals surface area (Å²) in [6, 6.07) is 81.7. The summed E-state index contributed by atoms with van der Waals surface area (Å²) in [5, 5.41) is 12.4. The van der Waals surface area contributed by atoms with E-state index in [2.05, 4.69) is 229 Å². The third kappa shape index (κ3) is 5.37. The van der Waals surface area contributed by atoms with Crippen LogP contribution in [-0.2, 0) is 0 Å². The van der Waals surface area contributed by atoms with Crippen LogP contribution in [0.25, 0.3) is 126 Å². The molecule has 288 valence electrons. The molecule has 0 saturated heterocycles. The van der Waals surface area contributed by atoms with Gasteiger partial charge in [0.2, 0.25) is 0 Å². The van der Waals surface area contributed by atoms with Gasteiger partial charge in [-0.2, -0.15) is 0 Å². The Balaban J connectivity index is 1.01. The number of para-hydroxylation sites is 1. The zero-order valence-corrected chi connectivity index (χ0v) is 33.7. The summed E-state index contributed by atoms with van der Waals surface area (Å²) >= 11 is 0. The van der Waals surface area contributed by atoms with Crippen LogP contribution in [0, 0.1) is 0 Å². The molecule has 0 fully saturated rings. The van der Waals surface area contributed by atoms with Crippen molar-refractivity contribution in [2.24, 2.45) is 0 Å². The van der Waals surface area contributed by atoms with E-state index in [4.69, 9.17) is 4.42 Å². The average molecular weight is 788 g/mol. The van der Waals surface area contributed by atoms with Crippen molar-refractivity contribution in [1.29, 1.82) is 0 Å². The Hall–Kier alpha value is -8.20. The molecule has 0 spiro atoms. The Bertz CT molecular complexity index is 3870.